The Morgan fingerprint density at radius 2 is 1.90 bits per heavy atom. The van der Waals surface area contributed by atoms with Gasteiger partial charge in [-0.2, -0.15) is 4.98 Å². The molecule has 8 nitrogen and oxygen atoms in total. The Labute approximate surface area is 188 Å². The van der Waals surface area contributed by atoms with Crippen molar-refractivity contribution in [2.45, 2.75) is 26.4 Å². The number of fused-ring (bicyclic) bond motifs is 1. The fraction of sp³-hybridized carbons (Fsp3) is 0.333. The van der Waals surface area contributed by atoms with Gasteiger partial charge >= 0.3 is 0 Å². The first-order valence-electron chi connectivity index (χ1n) is 9.59. The number of ether oxygens (including phenoxy) is 2. The molecule has 0 aliphatic heterocycles. The summed E-state index contributed by atoms with van der Waals surface area (Å²) in [5.74, 6) is 0.574. The number of anilines is 1. The zero-order valence-corrected chi connectivity index (χ0v) is 19.0. The Morgan fingerprint density at radius 1 is 1.16 bits per heavy atom. The van der Waals surface area contributed by atoms with Gasteiger partial charge in [-0.1, -0.05) is 11.6 Å². The van der Waals surface area contributed by atoms with Crippen LogP contribution in [0.25, 0.3) is 10.2 Å². The summed E-state index contributed by atoms with van der Waals surface area (Å²) < 4.78 is 10.5. The number of carbonyl (C=O) groups is 2. The number of halogens is 1. The summed E-state index contributed by atoms with van der Waals surface area (Å²) in [6.07, 6.45) is 0.796. The smallest absolute Gasteiger partial charge is 0.261 e. The Morgan fingerprint density at radius 3 is 2.58 bits per heavy atom. The second kappa shape index (κ2) is 10.5. The number of aromatic nitrogens is 2. The molecule has 3 aromatic rings. The van der Waals surface area contributed by atoms with Crippen LogP contribution in [0.3, 0.4) is 0 Å². The summed E-state index contributed by atoms with van der Waals surface area (Å²) in [5, 5.41) is 6.99. The average molecular weight is 463 g/mol. The molecule has 0 spiro atoms. The molecule has 3 rings (SSSR count). The highest BCUT2D eigenvalue weighted by Crippen LogP contribution is 2.35. The second-order valence-electron chi connectivity index (χ2n) is 6.73. The molecule has 2 heterocycles. The Balaban J connectivity index is 1.58. The fourth-order valence-corrected chi connectivity index (χ4v) is 4.22. The van der Waals surface area contributed by atoms with Gasteiger partial charge < -0.3 is 20.1 Å². The number of nitrogens with zero attached hydrogens (tertiary/aromatic N) is 2. The highest BCUT2D eigenvalue weighted by Gasteiger charge is 2.21. The van der Waals surface area contributed by atoms with Crippen molar-refractivity contribution < 1.29 is 19.1 Å². The van der Waals surface area contributed by atoms with E-state index < -0.39 is 0 Å². The number of aryl methyl sites for hydroxylation is 1. The predicted octanol–water partition coefficient (Wildman–Crippen LogP) is 3.96. The van der Waals surface area contributed by atoms with Crippen molar-refractivity contribution in [1.29, 1.82) is 0 Å². The molecule has 0 radical (unpaired) electrons. The van der Waals surface area contributed by atoms with E-state index >= 15 is 0 Å². The number of methoxy groups -OCH3 is 2. The van der Waals surface area contributed by atoms with Crippen LogP contribution < -0.4 is 15.4 Å². The molecule has 2 amide bonds. The quantitative estimate of drug-likeness (QED) is 0.467. The maximum atomic E-state index is 12.7. The fourth-order valence-electron chi connectivity index (χ4n) is 2.99. The Kier molecular flexibility index (Phi) is 7.78. The molecule has 164 valence electrons. The number of hydrogen-bond acceptors (Lipinski definition) is 7. The first-order chi connectivity index (χ1) is 14.9. The van der Waals surface area contributed by atoms with Crippen molar-refractivity contribution in [3.05, 3.63) is 45.6 Å². The van der Waals surface area contributed by atoms with E-state index in [2.05, 4.69) is 20.6 Å². The Bertz CT molecular complexity index is 1090. The van der Waals surface area contributed by atoms with Crippen LogP contribution in [0.4, 0.5) is 5.69 Å². The lowest BCUT2D eigenvalue weighted by atomic mass is 10.2. The number of nitrogens with one attached hydrogen (secondary N) is 2. The van der Waals surface area contributed by atoms with Gasteiger partial charge in [0.25, 0.3) is 5.91 Å². The van der Waals surface area contributed by atoms with E-state index in [0.29, 0.717) is 45.1 Å². The highest BCUT2D eigenvalue weighted by atomic mass is 35.5. The van der Waals surface area contributed by atoms with Crippen LogP contribution in [0.5, 0.6) is 5.88 Å². The summed E-state index contributed by atoms with van der Waals surface area (Å²) in [5.41, 5.74) is 1.45. The van der Waals surface area contributed by atoms with E-state index in [-0.39, 0.29) is 24.8 Å². The zero-order chi connectivity index (χ0) is 22.4. The molecule has 2 aromatic heterocycles. The van der Waals surface area contributed by atoms with E-state index in [9.17, 15) is 9.59 Å². The Hall–Kier alpha value is -2.75. The second-order valence-corrected chi connectivity index (χ2v) is 8.17. The molecule has 10 heteroatoms. The average Bonchev–Trinajstić information content (AvgIpc) is 3.09. The minimum atomic E-state index is -0.214. The lowest BCUT2D eigenvalue weighted by molar-refractivity contribution is -0.116. The summed E-state index contributed by atoms with van der Waals surface area (Å²) in [6, 6.07) is 6.90. The lowest BCUT2D eigenvalue weighted by Gasteiger charge is -2.07. The van der Waals surface area contributed by atoms with Gasteiger partial charge in [-0.05, 0) is 43.2 Å². The standard InChI is InChI=1S/C21H23ClN4O4S/c1-12-17-20(30-3)25-15(11-29-2)26-21(17)31-18(12)19(28)23-10-4-5-16(27)24-14-8-6-13(22)7-9-14/h6-9H,4-5,10-11H2,1-3H3,(H,23,28)(H,24,27). The van der Waals surface area contributed by atoms with Crippen LogP contribution in [0.2, 0.25) is 5.02 Å². The molecule has 31 heavy (non-hydrogen) atoms. The van der Waals surface area contributed by atoms with E-state index in [4.69, 9.17) is 21.1 Å². The molecule has 0 aliphatic rings. The van der Waals surface area contributed by atoms with Gasteiger partial charge in [0.05, 0.1) is 17.4 Å². The van der Waals surface area contributed by atoms with Gasteiger partial charge in [0.1, 0.15) is 11.4 Å². The number of thiophene rings is 1. The first-order valence-corrected chi connectivity index (χ1v) is 10.8. The molecular weight excluding hydrogens is 440 g/mol. The third kappa shape index (κ3) is 5.69. The third-order valence-electron chi connectivity index (χ3n) is 4.47. The van der Waals surface area contributed by atoms with Gasteiger partial charge in [-0.15, -0.1) is 11.3 Å². The number of benzene rings is 1. The number of hydrogen-bond donors (Lipinski definition) is 2. The van der Waals surface area contributed by atoms with Crippen LogP contribution in [0.1, 0.15) is 33.9 Å². The van der Waals surface area contributed by atoms with Gasteiger partial charge in [0, 0.05) is 30.8 Å². The highest BCUT2D eigenvalue weighted by molar-refractivity contribution is 7.20. The summed E-state index contributed by atoms with van der Waals surface area (Å²) in [7, 11) is 3.10. The van der Waals surface area contributed by atoms with E-state index in [1.54, 1.807) is 31.4 Å². The van der Waals surface area contributed by atoms with E-state index in [0.717, 1.165) is 10.9 Å². The van der Waals surface area contributed by atoms with Crippen molar-refractivity contribution >= 4 is 50.7 Å². The largest absolute Gasteiger partial charge is 0.480 e. The number of amides is 2. The summed E-state index contributed by atoms with van der Waals surface area (Å²) in [6.45, 7) is 2.47. The van der Waals surface area contributed by atoms with Crippen molar-refractivity contribution in [2.24, 2.45) is 0 Å². The molecule has 0 aliphatic carbocycles. The van der Waals surface area contributed by atoms with E-state index in [1.165, 1.54) is 18.4 Å². The monoisotopic (exact) mass is 462 g/mol. The molecule has 2 N–H and O–H groups in total. The molecule has 0 saturated carbocycles. The van der Waals surface area contributed by atoms with E-state index in [1.807, 2.05) is 6.92 Å². The van der Waals surface area contributed by atoms with Crippen LogP contribution >= 0.6 is 22.9 Å². The maximum absolute atomic E-state index is 12.7. The van der Waals surface area contributed by atoms with Crippen LogP contribution in [0, 0.1) is 6.92 Å². The van der Waals surface area contributed by atoms with Gasteiger partial charge in [0.15, 0.2) is 5.82 Å². The van der Waals surface area contributed by atoms with Crippen molar-refractivity contribution in [1.82, 2.24) is 15.3 Å². The van der Waals surface area contributed by atoms with Gasteiger partial charge in [-0.3, -0.25) is 9.59 Å². The van der Waals surface area contributed by atoms with Gasteiger partial charge in [-0.25, -0.2) is 4.98 Å². The minimum Gasteiger partial charge on any atom is -0.480 e. The molecule has 0 atom stereocenters. The normalized spacial score (nSPS) is 10.8. The zero-order valence-electron chi connectivity index (χ0n) is 17.5. The first kappa shape index (κ1) is 22.9. The number of carbonyl (C=O) groups excluding carboxylic acids is 2. The summed E-state index contributed by atoms with van der Waals surface area (Å²) in [4.78, 5) is 34.8. The lowest BCUT2D eigenvalue weighted by Crippen LogP contribution is -2.25. The third-order valence-corrected chi connectivity index (χ3v) is 5.91. The molecule has 1 aromatic carbocycles. The summed E-state index contributed by atoms with van der Waals surface area (Å²) >= 11 is 7.11. The topological polar surface area (TPSA) is 102 Å². The van der Waals surface area contributed by atoms with Crippen molar-refractivity contribution in [3.63, 3.8) is 0 Å². The SMILES string of the molecule is COCc1nc(OC)c2c(C)c(C(=O)NCCCC(=O)Nc3ccc(Cl)cc3)sc2n1. The van der Waals surface area contributed by atoms with Crippen LogP contribution in [0.15, 0.2) is 24.3 Å². The van der Waals surface area contributed by atoms with Crippen LogP contribution in [-0.4, -0.2) is 42.5 Å². The molecule has 0 fully saturated rings. The maximum Gasteiger partial charge on any atom is 0.261 e. The molecular formula is C21H23ClN4O4S. The van der Waals surface area contributed by atoms with Crippen molar-refractivity contribution in [3.8, 4) is 5.88 Å². The minimum absolute atomic E-state index is 0.125. The number of rotatable bonds is 9. The van der Waals surface area contributed by atoms with Crippen molar-refractivity contribution in [2.75, 3.05) is 26.1 Å². The van der Waals surface area contributed by atoms with Gasteiger partial charge in [0.2, 0.25) is 11.8 Å². The molecule has 0 saturated heterocycles. The van der Waals surface area contributed by atoms with Crippen LogP contribution in [-0.2, 0) is 16.1 Å². The molecule has 0 unspecified atom stereocenters. The predicted molar refractivity (Wildman–Crippen MR) is 121 cm³/mol. The molecule has 0 bridgehead atoms.